The summed E-state index contributed by atoms with van der Waals surface area (Å²) >= 11 is 0. The fourth-order valence-electron chi connectivity index (χ4n) is 0.152. The van der Waals surface area contributed by atoms with Crippen LogP contribution in [-0.4, -0.2) is 12.6 Å². The van der Waals surface area contributed by atoms with Crippen LogP contribution in [0.5, 0.6) is 0 Å². The predicted molar refractivity (Wildman–Crippen MR) is 26.5 cm³/mol. The molecule has 39 valence electrons. The molecule has 0 bridgehead atoms. The summed E-state index contributed by atoms with van der Waals surface area (Å²) in [6.45, 7) is 6.55. The van der Waals surface area contributed by atoms with Crippen molar-refractivity contribution in [3.05, 3.63) is 19.6 Å². The van der Waals surface area contributed by atoms with Crippen LogP contribution < -0.4 is 0 Å². The van der Waals surface area contributed by atoms with E-state index < -0.39 is 5.97 Å². The Hall–Kier alpha value is -0.790. The zero-order valence-electron chi connectivity index (χ0n) is 4.02. The maximum absolute atomic E-state index is 9.82. The van der Waals surface area contributed by atoms with Gasteiger partial charge in [-0.1, -0.05) is 12.7 Å². The van der Waals surface area contributed by atoms with Gasteiger partial charge in [-0.3, -0.25) is 4.79 Å². The van der Waals surface area contributed by atoms with Gasteiger partial charge >= 0.3 is 5.97 Å². The Balaban J connectivity index is 2.97. The second kappa shape index (κ2) is 3.40. The molecule has 0 amide bonds. The van der Waals surface area contributed by atoms with E-state index in [2.05, 4.69) is 18.2 Å². The van der Waals surface area contributed by atoms with Crippen molar-refractivity contribution in [3.63, 3.8) is 0 Å². The van der Waals surface area contributed by atoms with Crippen molar-refractivity contribution in [1.29, 1.82) is 0 Å². The summed E-state index contributed by atoms with van der Waals surface area (Å²) < 4.78 is 4.32. The van der Waals surface area contributed by atoms with Crippen LogP contribution in [0.25, 0.3) is 0 Å². The van der Waals surface area contributed by atoms with E-state index in [0.29, 0.717) is 0 Å². The third-order valence-corrected chi connectivity index (χ3v) is 0.362. The minimum atomic E-state index is -0.514. The van der Waals surface area contributed by atoms with Gasteiger partial charge in [-0.15, -0.1) is 0 Å². The normalized spacial score (nSPS) is 7.57. The Bertz CT molecular complexity index is 76.1. The molecule has 0 saturated heterocycles. The van der Waals surface area contributed by atoms with E-state index >= 15 is 0 Å². The third-order valence-electron chi connectivity index (χ3n) is 0.362. The number of esters is 1. The molecule has 0 unspecified atom stereocenters. The lowest BCUT2D eigenvalue weighted by Crippen LogP contribution is -1.96. The molecule has 0 aromatic rings. The van der Waals surface area contributed by atoms with E-state index in [-0.39, 0.29) is 6.61 Å². The van der Waals surface area contributed by atoms with Crippen LogP contribution in [0.15, 0.2) is 12.7 Å². The van der Waals surface area contributed by atoms with Crippen LogP contribution in [0.1, 0.15) is 0 Å². The Kier molecular flexibility index (Phi) is 3.02. The SMILES string of the molecule is [CH2]C(=O)OCC=C. The van der Waals surface area contributed by atoms with E-state index in [1.54, 1.807) is 0 Å². The van der Waals surface area contributed by atoms with Gasteiger partial charge in [0.2, 0.25) is 0 Å². The first-order chi connectivity index (χ1) is 3.27. The van der Waals surface area contributed by atoms with Crippen molar-refractivity contribution in [1.82, 2.24) is 0 Å². The zero-order chi connectivity index (χ0) is 5.70. The van der Waals surface area contributed by atoms with Gasteiger partial charge in [-0.25, -0.2) is 0 Å². The van der Waals surface area contributed by atoms with Gasteiger partial charge in [0.1, 0.15) is 6.61 Å². The Morgan fingerprint density at radius 2 is 2.43 bits per heavy atom. The molecule has 2 nitrogen and oxygen atoms in total. The molecule has 0 heterocycles. The number of carbonyl (C=O) groups excluding carboxylic acids is 1. The van der Waals surface area contributed by atoms with Crippen LogP contribution in [0.4, 0.5) is 0 Å². The molecule has 0 aromatic carbocycles. The number of ether oxygens (including phenoxy) is 1. The molecule has 0 rings (SSSR count). The average molecular weight is 99.1 g/mol. The van der Waals surface area contributed by atoms with Gasteiger partial charge in [0.05, 0.1) is 6.92 Å². The molecule has 0 aliphatic rings. The van der Waals surface area contributed by atoms with Gasteiger partial charge in [0.25, 0.3) is 0 Å². The van der Waals surface area contributed by atoms with Crippen LogP contribution >= 0.6 is 0 Å². The van der Waals surface area contributed by atoms with Crippen LogP contribution in [0.3, 0.4) is 0 Å². The van der Waals surface area contributed by atoms with Gasteiger partial charge in [0.15, 0.2) is 0 Å². The minimum absolute atomic E-state index is 0.252. The molecule has 1 radical (unpaired) electrons. The summed E-state index contributed by atoms with van der Waals surface area (Å²) in [6, 6.07) is 0. The molecule has 0 fully saturated rings. The van der Waals surface area contributed by atoms with Gasteiger partial charge < -0.3 is 4.74 Å². The largest absolute Gasteiger partial charge is 0.461 e. The highest BCUT2D eigenvalue weighted by atomic mass is 16.5. The van der Waals surface area contributed by atoms with Crippen molar-refractivity contribution in [2.24, 2.45) is 0 Å². The second-order valence-corrected chi connectivity index (χ2v) is 0.972. The monoisotopic (exact) mass is 99.0 g/mol. The minimum Gasteiger partial charge on any atom is -0.461 e. The molecule has 0 spiro atoms. The summed E-state index contributed by atoms with van der Waals surface area (Å²) in [7, 11) is 0. The molecule has 0 aromatic heterocycles. The molecule has 0 saturated carbocycles. The Morgan fingerprint density at radius 3 is 2.57 bits per heavy atom. The number of hydrogen-bond donors (Lipinski definition) is 0. The van der Waals surface area contributed by atoms with Gasteiger partial charge in [0, 0.05) is 0 Å². The number of hydrogen-bond acceptors (Lipinski definition) is 2. The van der Waals surface area contributed by atoms with Crippen molar-refractivity contribution in [2.75, 3.05) is 6.61 Å². The molecule has 7 heavy (non-hydrogen) atoms. The van der Waals surface area contributed by atoms with E-state index in [1.807, 2.05) is 0 Å². The quantitative estimate of drug-likeness (QED) is 0.373. The van der Waals surface area contributed by atoms with E-state index in [1.165, 1.54) is 6.08 Å². The molecule has 0 aliphatic carbocycles. The first-order valence-electron chi connectivity index (χ1n) is 1.87. The van der Waals surface area contributed by atoms with Crippen LogP contribution in [-0.2, 0) is 9.53 Å². The molecular weight excluding hydrogens is 92.1 g/mol. The Morgan fingerprint density at radius 1 is 1.86 bits per heavy atom. The van der Waals surface area contributed by atoms with Crippen molar-refractivity contribution in [3.8, 4) is 0 Å². The summed E-state index contributed by atoms with van der Waals surface area (Å²) in [5, 5.41) is 0. The first kappa shape index (κ1) is 6.21. The lowest BCUT2D eigenvalue weighted by molar-refractivity contribution is -0.136. The maximum atomic E-state index is 9.82. The highest BCUT2D eigenvalue weighted by Gasteiger charge is 1.83. The average Bonchev–Trinajstić information content (AvgIpc) is 1.61. The van der Waals surface area contributed by atoms with Gasteiger partial charge in [-0.2, -0.15) is 0 Å². The van der Waals surface area contributed by atoms with E-state index in [4.69, 9.17) is 0 Å². The maximum Gasteiger partial charge on any atom is 0.306 e. The van der Waals surface area contributed by atoms with Crippen molar-refractivity contribution < 1.29 is 9.53 Å². The Labute approximate surface area is 42.8 Å². The second-order valence-electron chi connectivity index (χ2n) is 0.972. The molecule has 0 aliphatic heterocycles. The lowest BCUT2D eigenvalue weighted by atomic mass is 10.7. The summed E-state index contributed by atoms with van der Waals surface area (Å²) in [4.78, 5) is 9.82. The lowest BCUT2D eigenvalue weighted by Gasteiger charge is -1.90. The highest BCUT2D eigenvalue weighted by molar-refractivity contribution is 5.73. The fraction of sp³-hybridized carbons (Fsp3) is 0.200. The van der Waals surface area contributed by atoms with E-state index in [0.717, 1.165) is 0 Å². The molecule has 0 atom stereocenters. The van der Waals surface area contributed by atoms with Crippen molar-refractivity contribution >= 4 is 5.97 Å². The predicted octanol–water partition coefficient (Wildman–Crippen LogP) is 0.550. The first-order valence-corrected chi connectivity index (χ1v) is 1.87. The smallest absolute Gasteiger partial charge is 0.306 e. The summed E-state index contributed by atoms with van der Waals surface area (Å²) in [5.74, 6) is -0.514. The topological polar surface area (TPSA) is 26.3 Å². The fourth-order valence-corrected chi connectivity index (χ4v) is 0.152. The summed E-state index contributed by atoms with van der Waals surface area (Å²) in [6.07, 6.45) is 1.49. The third kappa shape index (κ3) is 5.21. The number of rotatable bonds is 2. The van der Waals surface area contributed by atoms with Gasteiger partial charge in [-0.05, 0) is 0 Å². The van der Waals surface area contributed by atoms with Crippen LogP contribution in [0, 0.1) is 6.92 Å². The molecule has 0 N–H and O–H groups in total. The van der Waals surface area contributed by atoms with Crippen LogP contribution in [0.2, 0.25) is 0 Å². The summed E-state index contributed by atoms with van der Waals surface area (Å²) in [5.41, 5.74) is 0. The van der Waals surface area contributed by atoms with E-state index in [9.17, 15) is 4.79 Å². The molecular formula is C5H7O2. The standard InChI is InChI=1S/C5H7O2/c1-3-4-7-5(2)6/h3H,1-2,4H2. The zero-order valence-corrected chi connectivity index (χ0v) is 4.02. The highest BCUT2D eigenvalue weighted by Crippen LogP contribution is 1.72. The molecule has 2 heteroatoms. The van der Waals surface area contributed by atoms with Crippen molar-refractivity contribution in [2.45, 2.75) is 0 Å². The number of carbonyl (C=O) groups is 1.